The second-order valence-corrected chi connectivity index (χ2v) is 7.92. The monoisotopic (exact) mass is 391 g/mol. The molecule has 28 heavy (non-hydrogen) atoms. The molecule has 0 aromatic heterocycles. The minimum atomic E-state index is -0.184. The molecule has 6 heteroatoms. The number of fused-ring (bicyclic) bond motifs is 1. The van der Waals surface area contributed by atoms with Crippen molar-refractivity contribution >= 4 is 5.97 Å². The van der Waals surface area contributed by atoms with Crippen LogP contribution in [0.5, 0.6) is 11.5 Å². The van der Waals surface area contributed by atoms with Gasteiger partial charge >= 0.3 is 5.97 Å². The number of likely N-dealkylation sites (N-methyl/N-ethyl adjacent to an activating group) is 1. The van der Waals surface area contributed by atoms with E-state index in [2.05, 4.69) is 24.1 Å². The number of rotatable bonds is 8. The van der Waals surface area contributed by atoms with E-state index in [1.807, 2.05) is 13.0 Å². The van der Waals surface area contributed by atoms with Gasteiger partial charge in [0.25, 0.3) is 0 Å². The quantitative estimate of drug-likeness (QED) is 0.499. The zero-order valence-electron chi connectivity index (χ0n) is 17.5. The Morgan fingerprint density at radius 1 is 1.21 bits per heavy atom. The van der Waals surface area contributed by atoms with Crippen LogP contribution in [0.1, 0.15) is 51.0 Å². The molecule has 3 rings (SSSR count). The van der Waals surface area contributed by atoms with Crippen LogP contribution in [-0.2, 0) is 19.7 Å². The minimum absolute atomic E-state index is 0.0588. The molecule has 1 saturated heterocycles. The van der Waals surface area contributed by atoms with Crippen LogP contribution in [0.3, 0.4) is 0 Å². The van der Waals surface area contributed by atoms with Crippen LogP contribution in [-0.4, -0.2) is 57.6 Å². The number of carbonyl (C=O) groups is 1. The van der Waals surface area contributed by atoms with Crippen molar-refractivity contribution in [2.45, 2.75) is 63.0 Å². The predicted octanol–water partition coefficient (Wildman–Crippen LogP) is 3.52. The molecule has 0 spiro atoms. The molecule has 1 saturated carbocycles. The zero-order chi connectivity index (χ0) is 20.1. The van der Waals surface area contributed by atoms with Crippen LogP contribution < -0.4 is 9.47 Å². The van der Waals surface area contributed by atoms with Crippen LogP contribution in [0.2, 0.25) is 0 Å². The lowest BCUT2D eigenvalue weighted by Crippen LogP contribution is -2.48. The lowest BCUT2D eigenvalue weighted by Gasteiger charge is -2.44. The van der Waals surface area contributed by atoms with E-state index in [1.165, 1.54) is 5.56 Å². The van der Waals surface area contributed by atoms with Crippen LogP contribution in [0.25, 0.3) is 0 Å². The van der Waals surface area contributed by atoms with Crippen LogP contribution in [0.15, 0.2) is 18.2 Å². The maximum atomic E-state index is 11.5. The summed E-state index contributed by atoms with van der Waals surface area (Å²) in [4.78, 5) is 14.0. The van der Waals surface area contributed by atoms with Gasteiger partial charge in [-0.05, 0) is 63.4 Å². The van der Waals surface area contributed by atoms with E-state index in [9.17, 15) is 4.79 Å². The van der Waals surface area contributed by atoms with Gasteiger partial charge in [0.05, 0.1) is 20.3 Å². The summed E-state index contributed by atoms with van der Waals surface area (Å²) in [6, 6.07) is 6.73. The summed E-state index contributed by atoms with van der Waals surface area (Å²) in [5.74, 6) is 1.36. The van der Waals surface area contributed by atoms with Gasteiger partial charge in [0.15, 0.2) is 18.3 Å². The van der Waals surface area contributed by atoms with E-state index >= 15 is 0 Å². The SMILES string of the molecule is CCCC(=O)OCOC1CCC2(c3ccc(OC)c(OC)c3)CCN(C)C2C1. The fourth-order valence-corrected chi connectivity index (χ4v) is 4.85. The lowest BCUT2D eigenvalue weighted by atomic mass is 9.65. The first-order valence-electron chi connectivity index (χ1n) is 10.2. The molecule has 0 N–H and O–H groups in total. The largest absolute Gasteiger partial charge is 0.493 e. The molecule has 0 radical (unpaired) electrons. The van der Waals surface area contributed by atoms with Gasteiger partial charge in [-0.2, -0.15) is 0 Å². The van der Waals surface area contributed by atoms with Crippen LogP contribution >= 0.6 is 0 Å². The van der Waals surface area contributed by atoms with E-state index in [1.54, 1.807) is 14.2 Å². The van der Waals surface area contributed by atoms with Crippen molar-refractivity contribution < 1.29 is 23.7 Å². The molecule has 6 nitrogen and oxygen atoms in total. The number of methoxy groups -OCH3 is 2. The van der Waals surface area contributed by atoms with E-state index < -0.39 is 0 Å². The number of likely N-dealkylation sites (tertiary alicyclic amines) is 1. The van der Waals surface area contributed by atoms with Crippen LogP contribution in [0, 0.1) is 0 Å². The summed E-state index contributed by atoms with van der Waals surface area (Å²) in [6.45, 7) is 3.09. The van der Waals surface area contributed by atoms with Gasteiger partial charge in [0.1, 0.15) is 0 Å². The van der Waals surface area contributed by atoms with Gasteiger partial charge < -0.3 is 23.8 Å². The Kier molecular flexibility index (Phi) is 6.83. The molecule has 0 bridgehead atoms. The van der Waals surface area contributed by atoms with E-state index in [0.29, 0.717) is 12.5 Å². The van der Waals surface area contributed by atoms with Crippen molar-refractivity contribution in [3.05, 3.63) is 23.8 Å². The third kappa shape index (κ3) is 4.13. The fraction of sp³-hybridized carbons (Fsp3) is 0.682. The molecule has 156 valence electrons. The summed E-state index contributed by atoms with van der Waals surface area (Å²) >= 11 is 0. The average Bonchev–Trinajstić information content (AvgIpc) is 3.05. The highest BCUT2D eigenvalue weighted by atomic mass is 16.7. The second-order valence-electron chi connectivity index (χ2n) is 7.92. The first-order chi connectivity index (χ1) is 13.5. The number of hydrogen-bond acceptors (Lipinski definition) is 6. The maximum absolute atomic E-state index is 11.5. The van der Waals surface area contributed by atoms with Crippen molar-refractivity contribution in [3.8, 4) is 11.5 Å². The number of ether oxygens (including phenoxy) is 4. The topological polar surface area (TPSA) is 57.2 Å². The summed E-state index contributed by atoms with van der Waals surface area (Å²) < 4.78 is 22.0. The molecule has 1 heterocycles. The van der Waals surface area contributed by atoms with Crippen molar-refractivity contribution in [2.24, 2.45) is 0 Å². The third-order valence-electron chi connectivity index (χ3n) is 6.42. The molecule has 2 fully saturated rings. The lowest BCUT2D eigenvalue weighted by molar-refractivity contribution is -0.163. The standard InChI is InChI=1S/C22H33NO5/c1-5-6-21(24)28-15-27-17-9-10-22(11-12-23(2)20(22)14-17)16-7-8-18(25-3)19(13-16)26-4/h7-8,13,17,20H,5-6,9-12,14-15H2,1-4H3. The Labute approximate surface area is 168 Å². The number of nitrogens with zero attached hydrogens (tertiary/aromatic N) is 1. The molecule has 3 unspecified atom stereocenters. The third-order valence-corrected chi connectivity index (χ3v) is 6.42. The van der Waals surface area contributed by atoms with Crippen molar-refractivity contribution in [3.63, 3.8) is 0 Å². The van der Waals surface area contributed by atoms with Crippen LogP contribution in [0.4, 0.5) is 0 Å². The van der Waals surface area contributed by atoms with E-state index in [0.717, 1.165) is 50.1 Å². The van der Waals surface area contributed by atoms with Gasteiger partial charge in [0.2, 0.25) is 0 Å². The Balaban J connectivity index is 1.70. The first kappa shape index (κ1) is 20.9. The normalized spacial score (nSPS) is 27.3. The first-order valence-corrected chi connectivity index (χ1v) is 10.2. The Bertz CT molecular complexity index is 679. The number of benzene rings is 1. The number of hydrogen-bond donors (Lipinski definition) is 0. The molecular weight excluding hydrogens is 358 g/mol. The highest BCUT2D eigenvalue weighted by molar-refractivity contribution is 5.69. The summed E-state index contributed by atoms with van der Waals surface area (Å²) in [6.07, 6.45) is 5.44. The smallest absolute Gasteiger partial charge is 0.307 e. The maximum Gasteiger partial charge on any atom is 0.307 e. The summed E-state index contributed by atoms with van der Waals surface area (Å²) in [5.41, 5.74) is 1.42. The molecule has 1 aromatic rings. The molecule has 2 aliphatic rings. The fourth-order valence-electron chi connectivity index (χ4n) is 4.85. The highest BCUT2D eigenvalue weighted by Gasteiger charge is 2.50. The Hall–Kier alpha value is -1.79. The molecule has 1 aliphatic carbocycles. The van der Waals surface area contributed by atoms with Gasteiger partial charge in [-0.3, -0.25) is 4.79 Å². The zero-order valence-corrected chi connectivity index (χ0v) is 17.5. The van der Waals surface area contributed by atoms with Gasteiger partial charge in [0, 0.05) is 17.9 Å². The van der Waals surface area contributed by atoms with Crippen molar-refractivity contribution in [1.29, 1.82) is 0 Å². The van der Waals surface area contributed by atoms with Gasteiger partial charge in [-0.15, -0.1) is 0 Å². The Morgan fingerprint density at radius 2 is 2.00 bits per heavy atom. The van der Waals surface area contributed by atoms with Gasteiger partial charge in [-0.1, -0.05) is 13.0 Å². The van der Waals surface area contributed by atoms with Gasteiger partial charge in [-0.25, -0.2) is 0 Å². The average molecular weight is 392 g/mol. The molecule has 1 aromatic carbocycles. The summed E-state index contributed by atoms with van der Waals surface area (Å²) in [5, 5.41) is 0. The van der Waals surface area contributed by atoms with Crippen molar-refractivity contribution in [1.82, 2.24) is 4.90 Å². The predicted molar refractivity (Wildman–Crippen MR) is 107 cm³/mol. The minimum Gasteiger partial charge on any atom is -0.493 e. The number of esters is 1. The number of carbonyl (C=O) groups excluding carboxylic acids is 1. The highest BCUT2D eigenvalue weighted by Crippen LogP contribution is 2.50. The summed E-state index contributed by atoms with van der Waals surface area (Å²) in [7, 11) is 5.54. The second kappa shape index (κ2) is 9.14. The molecule has 1 aliphatic heterocycles. The molecule has 3 atom stereocenters. The van der Waals surface area contributed by atoms with E-state index in [-0.39, 0.29) is 24.3 Å². The van der Waals surface area contributed by atoms with E-state index in [4.69, 9.17) is 18.9 Å². The molecule has 0 amide bonds. The molecular formula is C22H33NO5. The Morgan fingerprint density at radius 3 is 2.71 bits per heavy atom. The van der Waals surface area contributed by atoms with Crippen molar-refractivity contribution in [2.75, 3.05) is 34.6 Å².